The van der Waals surface area contributed by atoms with E-state index in [4.69, 9.17) is 10.5 Å². The van der Waals surface area contributed by atoms with Crippen LogP contribution in [0.25, 0.3) is 78.1 Å². The number of hydrogen-bond donors (Lipinski definition) is 0. The first-order valence-corrected chi connectivity index (χ1v) is 20.5. The van der Waals surface area contributed by atoms with Gasteiger partial charge in [-0.3, -0.25) is 0 Å². The molecule has 0 amide bonds. The van der Waals surface area contributed by atoms with Crippen LogP contribution in [0.3, 0.4) is 0 Å². The van der Waals surface area contributed by atoms with Crippen molar-refractivity contribution in [2.24, 2.45) is 0 Å². The van der Waals surface area contributed by atoms with Gasteiger partial charge in [-0.2, -0.15) is 10.5 Å². The van der Waals surface area contributed by atoms with Crippen molar-refractivity contribution in [1.82, 2.24) is 9.13 Å². The van der Waals surface area contributed by atoms with Gasteiger partial charge in [0.05, 0.1) is 23.3 Å². The average molecular weight is 793 g/mol. The Morgan fingerprint density at radius 3 is 0.694 bits per heavy atom. The van der Waals surface area contributed by atoms with Crippen LogP contribution in [0.1, 0.15) is 11.1 Å². The highest BCUT2D eigenvalue weighted by Crippen LogP contribution is 2.36. The van der Waals surface area contributed by atoms with E-state index in [2.05, 4.69) is 192 Å². The van der Waals surface area contributed by atoms with Gasteiger partial charge in [-0.1, -0.05) is 170 Å². The number of rotatable bonds is 8. The van der Waals surface area contributed by atoms with E-state index in [-0.39, 0.29) is 0 Å². The molecule has 10 aromatic rings. The maximum atomic E-state index is 9.00. The molecule has 0 aliphatic rings. The molecule has 4 heteroatoms. The van der Waals surface area contributed by atoms with Gasteiger partial charge in [0, 0.05) is 58.4 Å². The molecular formula is C58H40N4. The highest BCUT2D eigenvalue weighted by atomic mass is 15.0. The molecule has 0 saturated carbocycles. The molecule has 0 bridgehead atoms. The fraction of sp³-hybridized carbons (Fsp3) is 0. The predicted octanol–water partition coefficient (Wildman–Crippen LogP) is 14.7. The van der Waals surface area contributed by atoms with Crippen LogP contribution >= 0.6 is 0 Å². The topological polar surface area (TPSA) is 57.4 Å². The summed E-state index contributed by atoms with van der Waals surface area (Å²) in [4.78, 5) is 0. The van der Waals surface area contributed by atoms with Gasteiger partial charge in [-0.25, -0.2) is 0 Å². The van der Waals surface area contributed by atoms with Gasteiger partial charge in [-0.05, 0) is 93.0 Å². The van der Waals surface area contributed by atoms with Crippen LogP contribution in [0.4, 0.5) is 0 Å². The Hall–Kier alpha value is -8.70. The molecule has 2 aromatic heterocycles. The molecule has 0 aliphatic carbocycles. The molecule has 10 rings (SSSR count). The fourth-order valence-electron chi connectivity index (χ4n) is 7.72. The molecular weight excluding hydrogens is 753 g/mol. The van der Waals surface area contributed by atoms with E-state index < -0.39 is 0 Å². The molecule has 0 saturated heterocycles. The zero-order valence-corrected chi connectivity index (χ0v) is 33.9. The van der Waals surface area contributed by atoms with E-state index in [1.165, 1.54) is 44.5 Å². The lowest BCUT2D eigenvalue weighted by Gasteiger charge is -2.06. The first-order valence-electron chi connectivity index (χ1n) is 20.5. The number of aromatic nitrogens is 2. The van der Waals surface area contributed by atoms with Crippen molar-refractivity contribution < 1.29 is 0 Å². The minimum Gasteiger partial charge on any atom is -0.323 e. The average Bonchev–Trinajstić information content (AvgIpc) is 4.02. The van der Waals surface area contributed by atoms with Crippen molar-refractivity contribution in [3.8, 4) is 90.3 Å². The van der Waals surface area contributed by atoms with Crippen LogP contribution in [0.15, 0.2) is 243 Å². The summed E-state index contributed by atoms with van der Waals surface area (Å²) in [6.45, 7) is 0. The normalized spacial score (nSPS) is 10.5. The summed E-state index contributed by atoms with van der Waals surface area (Å²) in [6, 6.07) is 78.8. The third kappa shape index (κ3) is 8.54. The third-order valence-corrected chi connectivity index (χ3v) is 11.0. The third-order valence-electron chi connectivity index (χ3n) is 11.0. The summed E-state index contributed by atoms with van der Waals surface area (Å²) >= 11 is 0. The second-order valence-corrected chi connectivity index (χ2v) is 14.9. The predicted molar refractivity (Wildman–Crippen MR) is 254 cm³/mol. The van der Waals surface area contributed by atoms with Crippen LogP contribution in [-0.4, -0.2) is 9.13 Å². The zero-order chi connectivity index (χ0) is 42.1. The Labute approximate surface area is 362 Å². The SMILES string of the molecule is N#Cc1ccc(-c2ccc(-n3cc(-c4ccccc4)c(-c4ccccc4)c3)cc2)cc1.N#Cc1ccc(-c2ccc(-n3cc(-c4ccccc4)c(-c4ccccc4)c3)cc2)cc1. The molecule has 2 heterocycles. The molecule has 292 valence electrons. The van der Waals surface area contributed by atoms with Crippen molar-refractivity contribution in [3.63, 3.8) is 0 Å². The Balaban J connectivity index is 0.000000158. The van der Waals surface area contributed by atoms with E-state index >= 15 is 0 Å². The van der Waals surface area contributed by atoms with E-state index in [1.54, 1.807) is 0 Å². The molecule has 0 radical (unpaired) electrons. The Morgan fingerprint density at radius 2 is 0.468 bits per heavy atom. The van der Waals surface area contributed by atoms with Gasteiger partial charge in [0.1, 0.15) is 0 Å². The lowest BCUT2D eigenvalue weighted by atomic mass is 9.99. The van der Waals surface area contributed by atoms with E-state index in [0.29, 0.717) is 11.1 Å². The maximum Gasteiger partial charge on any atom is 0.0991 e. The highest BCUT2D eigenvalue weighted by molar-refractivity contribution is 5.85. The summed E-state index contributed by atoms with van der Waals surface area (Å²) in [6.07, 6.45) is 8.81. The summed E-state index contributed by atoms with van der Waals surface area (Å²) in [5, 5.41) is 18.0. The summed E-state index contributed by atoms with van der Waals surface area (Å²) in [5.74, 6) is 0. The van der Waals surface area contributed by atoms with Gasteiger partial charge in [-0.15, -0.1) is 0 Å². The van der Waals surface area contributed by atoms with E-state index in [1.807, 2.05) is 72.8 Å². The molecule has 0 unspecified atom stereocenters. The summed E-state index contributed by atoms with van der Waals surface area (Å²) in [7, 11) is 0. The Kier molecular flexibility index (Phi) is 11.3. The molecule has 0 spiro atoms. The standard InChI is InChI=1S/2C29H20N2/c2*30-19-22-11-13-23(14-12-22)24-15-17-27(18-16-24)31-20-28(25-7-3-1-4-8-25)29(21-31)26-9-5-2-6-10-26/h2*1-18,20-21H. The van der Waals surface area contributed by atoms with Crippen molar-refractivity contribution in [3.05, 3.63) is 254 Å². The minimum absolute atomic E-state index is 0.676. The van der Waals surface area contributed by atoms with Crippen molar-refractivity contribution in [2.45, 2.75) is 0 Å². The lowest BCUT2D eigenvalue weighted by molar-refractivity contribution is 1.08. The van der Waals surface area contributed by atoms with Gasteiger partial charge >= 0.3 is 0 Å². The van der Waals surface area contributed by atoms with Crippen LogP contribution < -0.4 is 0 Å². The second-order valence-electron chi connectivity index (χ2n) is 14.9. The van der Waals surface area contributed by atoms with Gasteiger partial charge in [0.25, 0.3) is 0 Å². The second kappa shape index (κ2) is 18.1. The van der Waals surface area contributed by atoms with Crippen molar-refractivity contribution in [1.29, 1.82) is 10.5 Å². The lowest BCUT2D eigenvalue weighted by Crippen LogP contribution is -1.89. The Bertz CT molecular complexity index is 2780. The molecule has 0 atom stereocenters. The van der Waals surface area contributed by atoms with Crippen LogP contribution in [0.2, 0.25) is 0 Å². The number of benzene rings is 8. The first kappa shape index (κ1) is 38.8. The van der Waals surface area contributed by atoms with Gasteiger partial charge in [0.2, 0.25) is 0 Å². The van der Waals surface area contributed by atoms with E-state index in [9.17, 15) is 0 Å². The largest absolute Gasteiger partial charge is 0.323 e. The molecule has 0 N–H and O–H groups in total. The van der Waals surface area contributed by atoms with Crippen LogP contribution in [0.5, 0.6) is 0 Å². The number of nitriles is 2. The molecule has 4 nitrogen and oxygen atoms in total. The minimum atomic E-state index is 0.676. The molecule has 62 heavy (non-hydrogen) atoms. The molecule has 8 aromatic carbocycles. The Morgan fingerprint density at radius 1 is 0.242 bits per heavy atom. The number of nitrogens with zero attached hydrogens (tertiary/aromatic N) is 4. The monoisotopic (exact) mass is 792 g/mol. The molecule has 0 aliphatic heterocycles. The highest BCUT2D eigenvalue weighted by Gasteiger charge is 2.14. The van der Waals surface area contributed by atoms with Crippen LogP contribution in [0, 0.1) is 22.7 Å². The van der Waals surface area contributed by atoms with Gasteiger partial charge in [0.15, 0.2) is 0 Å². The fourth-order valence-corrected chi connectivity index (χ4v) is 7.72. The maximum absolute atomic E-state index is 9.00. The number of hydrogen-bond acceptors (Lipinski definition) is 2. The van der Waals surface area contributed by atoms with Crippen molar-refractivity contribution in [2.75, 3.05) is 0 Å². The zero-order valence-electron chi connectivity index (χ0n) is 33.9. The smallest absolute Gasteiger partial charge is 0.0991 e. The molecule has 0 fully saturated rings. The van der Waals surface area contributed by atoms with Gasteiger partial charge < -0.3 is 9.13 Å². The quantitative estimate of drug-likeness (QED) is 0.154. The summed E-state index contributed by atoms with van der Waals surface area (Å²) in [5.41, 5.74) is 17.7. The van der Waals surface area contributed by atoms with Crippen LogP contribution in [-0.2, 0) is 0 Å². The van der Waals surface area contributed by atoms with Crippen molar-refractivity contribution >= 4 is 0 Å². The summed E-state index contributed by atoms with van der Waals surface area (Å²) < 4.78 is 4.38. The first-order chi connectivity index (χ1) is 30.6. The van der Waals surface area contributed by atoms with E-state index in [0.717, 1.165) is 33.6 Å².